The van der Waals surface area contributed by atoms with Crippen LogP contribution >= 0.6 is 0 Å². The number of Topliss-reactive ketones (excluding diaryl/α,β-unsaturated/α-hetero) is 1. The Kier molecular flexibility index (Phi) is 2.73. The summed E-state index contributed by atoms with van der Waals surface area (Å²) < 4.78 is 15.8. The van der Waals surface area contributed by atoms with Gasteiger partial charge in [-0.15, -0.1) is 0 Å². The third-order valence-corrected chi connectivity index (χ3v) is 2.67. The first-order chi connectivity index (χ1) is 7.71. The molecule has 0 aromatic heterocycles. The van der Waals surface area contributed by atoms with E-state index in [1.165, 1.54) is 7.11 Å². The summed E-state index contributed by atoms with van der Waals surface area (Å²) in [5.74, 6) is 1.67. The van der Waals surface area contributed by atoms with Gasteiger partial charge in [-0.05, 0) is 6.42 Å². The molecule has 1 aromatic rings. The molecule has 16 heavy (non-hydrogen) atoms. The minimum Gasteiger partial charge on any atom is -0.496 e. The highest BCUT2D eigenvalue weighted by Gasteiger charge is 2.34. The van der Waals surface area contributed by atoms with Crippen molar-refractivity contribution in [2.24, 2.45) is 0 Å². The van der Waals surface area contributed by atoms with Gasteiger partial charge in [0.2, 0.25) is 5.78 Å². The van der Waals surface area contributed by atoms with E-state index >= 15 is 0 Å². The van der Waals surface area contributed by atoms with Crippen LogP contribution in [0.3, 0.4) is 0 Å². The summed E-state index contributed by atoms with van der Waals surface area (Å²) in [5, 5.41) is 0. The number of ketones is 1. The monoisotopic (exact) mass is 222 g/mol. The molecule has 0 bridgehead atoms. The molecule has 0 saturated heterocycles. The summed E-state index contributed by atoms with van der Waals surface area (Å²) >= 11 is 0. The fourth-order valence-electron chi connectivity index (χ4n) is 1.82. The van der Waals surface area contributed by atoms with Gasteiger partial charge in [-0.1, -0.05) is 6.92 Å². The zero-order valence-electron chi connectivity index (χ0n) is 9.57. The van der Waals surface area contributed by atoms with Gasteiger partial charge in [0.25, 0.3) is 0 Å². The first-order valence-electron chi connectivity index (χ1n) is 5.18. The highest BCUT2D eigenvalue weighted by molar-refractivity contribution is 6.07. The van der Waals surface area contributed by atoms with E-state index in [4.69, 9.17) is 14.2 Å². The molecule has 1 heterocycles. The standard InChI is InChI=1S/C12H14O4/c1-4-8-12(13)11-9(15-3)5-7(14-2)6-10(11)16-8/h5-6,8H,4H2,1-3H3. The van der Waals surface area contributed by atoms with Gasteiger partial charge in [-0.25, -0.2) is 0 Å². The molecule has 0 amide bonds. The molecule has 1 aliphatic heterocycles. The summed E-state index contributed by atoms with van der Waals surface area (Å²) in [7, 11) is 3.09. The number of rotatable bonds is 3. The largest absolute Gasteiger partial charge is 0.496 e. The predicted octanol–water partition coefficient (Wildman–Crippen LogP) is 2.06. The molecule has 0 radical (unpaired) electrons. The summed E-state index contributed by atoms with van der Waals surface area (Å²) in [6.07, 6.45) is 0.259. The van der Waals surface area contributed by atoms with Crippen LogP contribution in [0.4, 0.5) is 0 Å². The molecular weight excluding hydrogens is 208 g/mol. The topological polar surface area (TPSA) is 44.8 Å². The Morgan fingerprint density at radius 1 is 1.31 bits per heavy atom. The van der Waals surface area contributed by atoms with E-state index in [9.17, 15) is 4.79 Å². The maximum absolute atomic E-state index is 12.0. The minimum atomic E-state index is -0.393. The maximum atomic E-state index is 12.0. The van der Waals surface area contributed by atoms with Crippen LogP contribution in [-0.4, -0.2) is 26.1 Å². The number of methoxy groups -OCH3 is 2. The summed E-state index contributed by atoms with van der Waals surface area (Å²) in [6.45, 7) is 1.91. The van der Waals surface area contributed by atoms with Crippen LogP contribution in [0, 0.1) is 0 Å². The van der Waals surface area contributed by atoms with E-state index in [0.29, 0.717) is 29.2 Å². The average molecular weight is 222 g/mol. The van der Waals surface area contributed by atoms with Crippen molar-refractivity contribution < 1.29 is 19.0 Å². The van der Waals surface area contributed by atoms with Crippen molar-refractivity contribution in [2.75, 3.05) is 14.2 Å². The first kappa shape index (κ1) is 10.8. The maximum Gasteiger partial charge on any atom is 0.210 e. The zero-order valence-corrected chi connectivity index (χ0v) is 9.57. The van der Waals surface area contributed by atoms with Crippen LogP contribution in [0.2, 0.25) is 0 Å². The van der Waals surface area contributed by atoms with Crippen molar-refractivity contribution in [3.8, 4) is 17.2 Å². The van der Waals surface area contributed by atoms with Gasteiger partial charge in [0.05, 0.1) is 14.2 Å². The second-order valence-electron chi connectivity index (χ2n) is 3.58. The fourth-order valence-corrected chi connectivity index (χ4v) is 1.82. The van der Waals surface area contributed by atoms with Gasteiger partial charge >= 0.3 is 0 Å². The minimum absolute atomic E-state index is 0.0167. The van der Waals surface area contributed by atoms with Crippen LogP contribution in [0.25, 0.3) is 0 Å². The number of hydrogen-bond acceptors (Lipinski definition) is 4. The molecule has 0 saturated carbocycles. The molecule has 4 nitrogen and oxygen atoms in total. The Morgan fingerprint density at radius 2 is 2.06 bits per heavy atom. The van der Waals surface area contributed by atoms with E-state index in [2.05, 4.69) is 0 Å². The van der Waals surface area contributed by atoms with Crippen LogP contribution in [-0.2, 0) is 0 Å². The van der Waals surface area contributed by atoms with Crippen molar-refractivity contribution >= 4 is 5.78 Å². The molecule has 0 fully saturated rings. The predicted molar refractivity (Wildman–Crippen MR) is 58.6 cm³/mol. The van der Waals surface area contributed by atoms with Crippen LogP contribution in [0.15, 0.2) is 12.1 Å². The number of benzene rings is 1. The Labute approximate surface area is 94.1 Å². The van der Waals surface area contributed by atoms with Crippen LogP contribution < -0.4 is 14.2 Å². The van der Waals surface area contributed by atoms with Crippen LogP contribution in [0.1, 0.15) is 23.7 Å². The zero-order chi connectivity index (χ0) is 11.7. The third kappa shape index (κ3) is 1.50. The van der Waals surface area contributed by atoms with E-state index in [1.54, 1.807) is 19.2 Å². The van der Waals surface area contributed by atoms with Gasteiger partial charge in [-0.2, -0.15) is 0 Å². The van der Waals surface area contributed by atoms with Gasteiger partial charge in [0, 0.05) is 12.1 Å². The lowest BCUT2D eigenvalue weighted by molar-refractivity contribution is 0.0851. The lowest BCUT2D eigenvalue weighted by Crippen LogP contribution is -2.18. The quantitative estimate of drug-likeness (QED) is 0.785. The van der Waals surface area contributed by atoms with Crippen molar-refractivity contribution in [1.82, 2.24) is 0 Å². The fraction of sp³-hybridized carbons (Fsp3) is 0.417. The van der Waals surface area contributed by atoms with E-state index in [-0.39, 0.29) is 5.78 Å². The summed E-state index contributed by atoms with van der Waals surface area (Å²) in [4.78, 5) is 12.0. The van der Waals surface area contributed by atoms with Gasteiger partial charge in [0.1, 0.15) is 22.8 Å². The lowest BCUT2D eigenvalue weighted by atomic mass is 10.1. The second-order valence-corrected chi connectivity index (χ2v) is 3.58. The number of carbonyl (C=O) groups excluding carboxylic acids is 1. The smallest absolute Gasteiger partial charge is 0.210 e. The lowest BCUT2D eigenvalue weighted by Gasteiger charge is -2.07. The van der Waals surface area contributed by atoms with Crippen molar-refractivity contribution in [2.45, 2.75) is 19.4 Å². The van der Waals surface area contributed by atoms with Crippen molar-refractivity contribution in [1.29, 1.82) is 0 Å². The Bertz CT molecular complexity index is 425. The van der Waals surface area contributed by atoms with E-state index in [1.807, 2.05) is 6.92 Å². The first-order valence-corrected chi connectivity index (χ1v) is 5.18. The number of fused-ring (bicyclic) bond motifs is 1. The summed E-state index contributed by atoms with van der Waals surface area (Å²) in [5.41, 5.74) is 0.523. The molecule has 4 heteroatoms. The highest BCUT2D eigenvalue weighted by atomic mass is 16.5. The summed E-state index contributed by atoms with van der Waals surface area (Å²) in [6, 6.07) is 3.41. The van der Waals surface area contributed by atoms with Crippen molar-refractivity contribution in [3.05, 3.63) is 17.7 Å². The molecule has 2 rings (SSSR count). The number of carbonyl (C=O) groups is 1. The van der Waals surface area contributed by atoms with E-state index in [0.717, 1.165) is 0 Å². The third-order valence-electron chi connectivity index (χ3n) is 2.67. The highest BCUT2D eigenvalue weighted by Crippen LogP contribution is 2.40. The van der Waals surface area contributed by atoms with Gasteiger partial charge in [-0.3, -0.25) is 4.79 Å². The van der Waals surface area contributed by atoms with Crippen LogP contribution in [0.5, 0.6) is 17.2 Å². The van der Waals surface area contributed by atoms with Gasteiger partial charge in [0.15, 0.2) is 6.10 Å². The SMILES string of the molecule is CCC1Oc2cc(OC)cc(OC)c2C1=O. The molecule has 1 aliphatic rings. The molecule has 1 atom stereocenters. The van der Waals surface area contributed by atoms with Crippen molar-refractivity contribution in [3.63, 3.8) is 0 Å². The normalized spacial score (nSPS) is 17.9. The molecule has 1 unspecified atom stereocenters. The van der Waals surface area contributed by atoms with Gasteiger partial charge < -0.3 is 14.2 Å². The molecule has 0 aliphatic carbocycles. The molecule has 1 aromatic carbocycles. The molecule has 0 N–H and O–H groups in total. The Morgan fingerprint density at radius 3 is 2.62 bits per heavy atom. The molecular formula is C12H14O4. The molecule has 86 valence electrons. The molecule has 0 spiro atoms. The number of ether oxygens (including phenoxy) is 3. The Balaban J connectivity index is 2.51. The van der Waals surface area contributed by atoms with E-state index < -0.39 is 6.10 Å². The average Bonchev–Trinajstić information content (AvgIpc) is 2.65. The number of hydrogen-bond donors (Lipinski definition) is 0. The Hall–Kier alpha value is -1.71. The second kappa shape index (κ2) is 4.04.